The topological polar surface area (TPSA) is 170 Å². The standard InChI is InChI=1S/C9H13N5O5S/c10-7-5-6(14(16)17)1-2-8(7)20(18,19)13-4-3-12-9(11)15/h1-2,5,13H,3-4,10H2,(H3,11,12,15). The highest BCUT2D eigenvalue weighted by molar-refractivity contribution is 7.89. The summed E-state index contributed by atoms with van der Waals surface area (Å²) < 4.78 is 25.9. The third-order valence-electron chi connectivity index (χ3n) is 2.21. The van der Waals surface area contributed by atoms with Gasteiger partial charge < -0.3 is 16.8 Å². The normalized spacial score (nSPS) is 11.0. The van der Waals surface area contributed by atoms with Crippen LogP contribution in [0, 0.1) is 10.1 Å². The summed E-state index contributed by atoms with van der Waals surface area (Å²) in [5.74, 6) is 0. The number of hydrogen-bond acceptors (Lipinski definition) is 6. The molecule has 0 saturated heterocycles. The number of nitrogen functional groups attached to an aromatic ring is 1. The number of carbonyl (C=O) groups is 1. The molecule has 0 unspecified atom stereocenters. The van der Waals surface area contributed by atoms with Crippen LogP contribution >= 0.6 is 0 Å². The molecule has 11 heteroatoms. The molecule has 1 aromatic rings. The van der Waals surface area contributed by atoms with Gasteiger partial charge in [0.25, 0.3) is 5.69 Å². The van der Waals surface area contributed by atoms with Crippen LogP contribution < -0.4 is 21.5 Å². The smallest absolute Gasteiger partial charge is 0.312 e. The number of non-ortho nitro benzene ring substituents is 1. The van der Waals surface area contributed by atoms with Gasteiger partial charge in [-0.15, -0.1) is 0 Å². The summed E-state index contributed by atoms with van der Waals surface area (Å²) in [4.78, 5) is 20.0. The van der Waals surface area contributed by atoms with Crippen LogP contribution in [-0.4, -0.2) is 32.5 Å². The molecule has 10 nitrogen and oxygen atoms in total. The van der Waals surface area contributed by atoms with Crippen LogP contribution in [-0.2, 0) is 10.0 Å². The third-order valence-corrected chi connectivity index (χ3v) is 3.74. The molecule has 1 rings (SSSR count). The summed E-state index contributed by atoms with van der Waals surface area (Å²) in [6.45, 7) is -0.0941. The molecule has 0 aliphatic carbocycles. The number of primary amides is 1. The Labute approximate surface area is 114 Å². The molecule has 0 fully saturated rings. The van der Waals surface area contributed by atoms with E-state index in [1.807, 2.05) is 0 Å². The number of hydrogen-bond donors (Lipinski definition) is 4. The van der Waals surface area contributed by atoms with Crippen LogP contribution in [0.5, 0.6) is 0 Å². The zero-order valence-corrected chi connectivity index (χ0v) is 11.0. The van der Waals surface area contributed by atoms with Crippen molar-refractivity contribution in [2.45, 2.75) is 4.90 Å². The molecule has 0 aliphatic rings. The van der Waals surface area contributed by atoms with Crippen LogP contribution in [0.2, 0.25) is 0 Å². The number of nitro groups is 1. The minimum absolute atomic E-state index is 0.00144. The third kappa shape index (κ3) is 4.07. The Kier molecular flexibility index (Phi) is 4.83. The Morgan fingerprint density at radius 1 is 1.35 bits per heavy atom. The molecule has 0 aromatic heterocycles. The van der Waals surface area contributed by atoms with E-state index in [-0.39, 0.29) is 29.4 Å². The van der Waals surface area contributed by atoms with E-state index >= 15 is 0 Å². The average molecular weight is 303 g/mol. The average Bonchev–Trinajstić information content (AvgIpc) is 2.34. The first kappa shape index (κ1) is 15.7. The number of nitro benzene ring substituents is 1. The summed E-state index contributed by atoms with van der Waals surface area (Å²) >= 11 is 0. The summed E-state index contributed by atoms with van der Waals surface area (Å²) in [6, 6.07) is 2.25. The van der Waals surface area contributed by atoms with E-state index < -0.39 is 21.0 Å². The van der Waals surface area contributed by atoms with Crippen molar-refractivity contribution in [1.29, 1.82) is 0 Å². The maximum Gasteiger partial charge on any atom is 0.312 e. The Morgan fingerprint density at radius 2 is 2.00 bits per heavy atom. The lowest BCUT2D eigenvalue weighted by molar-refractivity contribution is -0.384. The molecule has 0 bridgehead atoms. The molecule has 1 aromatic carbocycles. The van der Waals surface area contributed by atoms with E-state index in [1.165, 1.54) is 0 Å². The zero-order valence-electron chi connectivity index (χ0n) is 10.2. The van der Waals surface area contributed by atoms with Crippen molar-refractivity contribution in [1.82, 2.24) is 10.0 Å². The van der Waals surface area contributed by atoms with Crippen molar-refractivity contribution in [3.05, 3.63) is 28.3 Å². The number of nitrogens with one attached hydrogen (secondary N) is 2. The first-order chi connectivity index (χ1) is 9.24. The highest BCUT2D eigenvalue weighted by Gasteiger charge is 2.19. The van der Waals surface area contributed by atoms with E-state index in [9.17, 15) is 23.3 Å². The number of benzene rings is 1. The predicted molar refractivity (Wildman–Crippen MR) is 70.3 cm³/mol. The Bertz CT molecular complexity index is 630. The van der Waals surface area contributed by atoms with Gasteiger partial charge >= 0.3 is 6.03 Å². The SMILES string of the molecule is NC(=O)NCCNS(=O)(=O)c1ccc([N+](=O)[O-])cc1N. The molecule has 0 atom stereocenters. The van der Waals surface area contributed by atoms with Gasteiger partial charge in [-0.1, -0.05) is 0 Å². The molecule has 0 radical (unpaired) electrons. The Balaban J connectivity index is 2.82. The van der Waals surface area contributed by atoms with E-state index in [4.69, 9.17) is 11.5 Å². The summed E-state index contributed by atoms with van der Waals surface area (Å²) in [5.41, 5.74) is 9.75. The zero-order chi connectivity index (χ0) is 15.3. The Hall–Kier alpha value is -2.40. The second-order valence-corrected chi connectivity index (χ2v) is 5.40. The van der Waals surface area contributed by atoms with Crippen molar-refractivity contribution in [3.8, 4) is 0 Å². The summed E-state index contributed by atoms with van der Waals surface area (Å²) in [7, 11) is -3.92. The molecule has 0 saturated carbocycles. The van der Waals surface area contributed by atoms with Crippen LogP contribution in [0.1, 0.15) is 0 Å². The predicted octanol–water partition coefficient (Wildman–Crippen LogP) is -0.876. The van der Waals surface area contributed by atoms with Crippen molar-refractivity contribution < 1.29 is 18.1 Å². The molecular formula is C9H13N5O5S. The molecule has 6 N–H and O–H groups in total. The fourth-order valence-electron chi connectivity index (χ4n) is 1.34. The molecule has 0 aliphatic heterocycles. The first-order valence-electron chi connectivity index (χ1n) is 5.31. The van der Waals surface area contributed by atoms with Gasteiger partial charge in [-0.05, 0) is 6.07 Å². The molecule has 20 heavy (non-hydrogen) atoms. The maximum absolute atomic E-state index is 11.9. The van der Waals surface area contributed by atoms with Crippen LogP contribution in [0.4, 0.5) is 16.2 Å². The number of nitrogens with zero attached hydrogens (tertiary/aromatic N) is 1. The first-order valence-corrected chi connectivity index (χ1v) is 6.79. The number of anilines is 1. The monoisotopic (exact) mass is 303 g/mol. The van der Waals surface area contributed by atoms with E-state index in [0.29, 0.717) is 0 Å². The maximum atomic E-state index is 11.9. The quantitative estimate of drug-likeness (QED) is 0.230. The van der Waals surface area contributed by atoms with Crippen LogP contribution in [0.25, 0.3) is 0 Å². The van der Waals surface area contributed by atoms with Crippen molar-refractivity contribution >= 4 is 27.4 Å². The van der Waals surface area contributed by atoms with Gasteiger partial charge in [0, 0.05) is 25.2 Å². The number of sulfonamides is 1. The van der Waals surface area contributed by atoms with Crippen molar-refractivity contribution in [2.75, 3.05) is 18.8 Å². The Morgan fingerprint density at radius 3 is 2.50 bits per heavy atom. The number of urea groups is 1. The van der Waals surface area contributed by atoms with Gasteiger partial charge in [-0.25, -0.2) is 17.9 Å². The highest BCUT2D eigenvalue weighted by atomic mass is 32.2. The minimum atomic E-state index is -3.92. The van der Waals surface area contributed by atoms with E-state index in [0.717, 1.165) is 18.2 Å². The number of nitrogens with two attached hydrogens (primary N) is 2. The van der Waals surface area contributed by atoms with Gasteiger partial charge in [0.15, 0.2) is 0 Å². The second-order valence-electron chi connectivity index (χ2n) is 3.67. The van der Waals surface area contributed by atoms with Crippen molar-refractivity contribution in [3.63, 3.8) is 0 Å². The van der Waals surface area contributed by atoms with Gasteiger partial charge in [-0.3, -0.25) is 10.1 Å². The highest BCUT2D eigenvalue weighted by Crippen LogP contribution is 2.23. The van der Waals surface area contributed by atoms with Crippen LogP contribution in [0.15, 0.2) is 23.1 Å². The molecular weight excluding hydrogens is 290 g/mol. The number of amides is 2. The number of carbonyl (C=O) groups excluding carboxylic acids is 1. The van der Waals surface area contributed by atoms with Crippen LogP contribution in [0.3, 0.4) is 0 Å². The van der Waals surface area contributed by atoms with Gasteiger partial charge in [0.05, 0.1) is 10.6 Å². The van der Waals surface area contributed by atoms with Crippen molar-refractivity contribution in [2.24, 2.45) is 5.73 Å². The lowest BCUT2D eigenvalue weighted by Crippen LogP contribution is -2.37. The summed E-state index contributed by atoms with van der Waals surface area (Å²) in [5, 5.41) is 12.7. The fourth-order valence-corrected chi connectivity index (χ4v) is 2.49. The van der Waals surface area contributed by atoms with Gasteiger partial charge in [0.1, 0.15) is 4.90 Å². The second kappa shape index (κ2) is 6.16. The lowest BCUT2D eigenvalue weighted by atomic mass is 10.3. The lowest BCUT2D eigenvalue weighted by Gasteiger charge is -2.09. The molecule has 110 valence electrons. The molecule has 0 spiro atoms. The number of rotatable bonds is 6. The van der Waals surface area contributed by atoms with E-state index in [2.05, 4.69) is 10.0 Å². The van der Waals surface area contributed by atoms with Gasteiger partial charge in [0.2, 0.25) is 10.0 Å². The molecule has 2 amide bonds. The minimum Gasteiger partial charge on any atom is -0.397 e. The molecule has 0 heterocycles. The fraction of sp³-hybridized carbons (Fsp3) is 0.222. The van der Waals surface area contributed by atoms with E-state index in [1.54, 1.807) is 0 Å². The largest absolute Gasteiger partial charge is 0.397 e. The van der Waals surface area contributed by atoms with Gasteiger partial charge in [-0.2, -0.15) is 0 Å². The summed E-state index contributed by atoms with van der Waals surface area (Å²) in [6.07, 6.45) is 0.